The Morgan fingerprint density at radius 2 is 2.53 bits per heavy atom. The summed E-state index contributed by atoms with van der Waals surface area (Å²) in [5, 5.41) is 13.2. The van der Waals surface area contributed by atoms with Gasteiger partial charge < -0.3 is 19.9 Å². The molecule has 2 unspecified atom stereocenters. The van der Waals surface area contributed by atoms with E-state index >= 15 is 0 Å². The predicted octanol–water partition coefficient (Wildman–Crippen LogP) is 0.825. The summed E-state index contributed by atoms with van der Waals surface area (Å²) in [6.45, 7) is 5.69. The summed E-state index contributed by atoms with van der Waals surface area (Å²) in [4.78, 5) is 0. The highest BCUT2D eigenvalue weighted by Crippen LogP contribution is 2.23. The Morgan fingerprint density at radius 1 is 1.68 bits per heavy atom. The molecule has 1 aliphatic rings. The molecule has 2 rings (SSSR count). The van der Waals surface area contributed by atoms with Gasteiger partial charge in [0.25, 0.3) is 0 Å². The van der Waals surface area contributed by atoms with Gasteiger partial charge in [-0.2, -0.15) is 4.37 Å². The normalized spacial score (nSPS) is 24.1. The Morgan fingerprint density at radius 3 is 3.21 bits per heavy atom. The van der Waals surface area contributed by atoms with Crippen LogP contribution in [-0.2, 0) is 4.74 Å². The lowest BCUT2D eigenvalue weighted by atomic mass is 9.94. The van der Waals surface area contributed by atoms with Crippen LogP contribution < -0.4 is 10.1 Å². The van der Waals surface area contributed by atoms with Gasteiger partial charge in [0.2, 0.25) is 5.88 Å². The van der Waals surface area contributed by atoms with Crippen molar-refractivity contribution in [2.24, 2.45) is 0 Å². The van der Waals surface area contributed by atoms with E-state index < -0.39 is 6.10 Å². The minimum atomic E-state index is -0.548. The zero-order valence-electron chi connectivity index (χ0n) is 11.3. The summed E-state index contributed by atoms with van der Waals surface area (Å²) in [7, 11) is 0. The Labute approximate surface area is 117 Å². The quantitative estimate of drug-likeness (QED) is 0.807. The highest BCUT2D eigenvalue weighted by atomic mass is 32.1. The van der Waals surface area contributed by atoms with E-state index in [4.69, 9.17) is 9.47 Å². The van der Waals surface area contributed by atoms with Gasteiger partial charge in [-0.3, -0.25) is 0 Å². The Kier molecular flexibility index (Phi) is 5.09. The third-order valence-corrected chi connectivity index (χ3v) is 3.57. The molecule has 2 N–H and O–H groups in total. The molecule has 2 heterocycles. The molecule has 0 amide bonds. The average Bonchev–Trinajstić information content (AvgIpc) is 2.86. The largest absolute Gasteiger partial charge is 0.473 e. The summed E-state index contributed by atoms with van der Waals surface area (Å²) >= 11 is 1.09. The molecule has 1 aromatic rings. The summed E-state index contributed by atoms with van der Waals surface area (Å²) in [6.07, 6.45) is 2.93. The maximum Gasteiger partial charge on any atom is 0.245 e. The molecule has 0 spiro atoms. The maximum atomic E-state index is 9.85. The van der Waals surface area contributed by atoms with Crippen molar-refractivity contribution < 1.29 is 14.6 Å². The molecule has 19 heavy (non-hydrogen) atoms. The van der Waals surface area contributed by atoms with Gasteiger partial charge in [-0.1, -0.05) is 0 Å². The van der Waals surface area contributed by atoms with Crippen LogP contribution in [0.4, 0.5) is 0 Å². The number of aliphatic hydroxyl groups is 1. The van der Waals surface area contributed by atoms with Crippen LogP contribution in [0.15, 0.2) is 6.20 Å². The van der Waals surface area contributed by atoms with E-state index in [1.807, 2.05) is 0 Å². The molecule has 1 aliphatic heterocycles. The van der Waals surface area contributed by atoms with Crippen LogP contribution in [-0.4, -0.2) is 51.4 Å². The molecule has 0 radical (unpaired) electrons. The van der Waals surface area contributed by atoms with Crippen LogP contribution in [0.1, 0.15) is 26.7 Å². The fraction of sp³-hybridized carbons (Fsp3) is 0.833. The van der Waals surface area contributed by atoms with Crippen molar-refractivity contribution in [1.82, 2.24) is 14.1 Å². The maximum absolute atomic E-state index is 9.85. The second-order valence-electron chi connectivity index (χ2n) is 5.42. The van der Waals surface area contributed by atoms with Gasteiger partial charge in [0.15, 0.2) is 0 Å². The van der Waals surface area contributed by atoms with Crippen molar-refractivity contribution in [2.45, 2.75) is 44.4 Å². The Balaban J connectivity index is 1.64. The lowest BCUT2D eigenvalue weighted by molar-refractivity contribution is -0.0641. The molecule has 1 saturated heterocycles. The van der Waals surface area contributed by atoms with Crippen molar-refractivity contribution in [3.8, 4) is 5.88 Å². The van der Waals surface area contributed by atoms with Gasteiger partial charge >= 0.3 is 0 Å². The van der Waals surface area contributed by atoms with E-state index in [2.05, 4.69) is 27.9 Å². The van der Waals surface area contributed by atoms with Gasteiger partial charge in [-0.05, 0) is 26.7 Å². The fourth-order valence-electron chi connectivity index (χ4n) is 2.17. The number of aromatic nitrogens is 2. The molecule has 108 valence electrons. The number of nitrogens with one attached hydrogen (secondary N) is 1. The van der Waals surface area contributed by atoms with Gasteiger partial charge in [-0.15, -0.1) is 4.37 Å². The van der Waals surface area contributed by atoms with Gasteiger partial charge in [0.1, 0.15) is 18.9 Å². The van der Waals surface area contributed by atoms with Crippen LogP contribution in [0.5, 0.6) is 5.88 Å². The highest BCUT2D eigenvalue weighted by Gasteiger charge is 2.28. The Bertz CT molecular complexity index is 372. The summed E-state index contributed by atoms with van der Waals surface area (Å²) in [5.41, 5.74) is -0.0797. The third-order valence-electron chi connectivity index (χ3n) is 3.10. The molecular formula is C12H21N3O3S. The number of hydrogen-bond acceptors (Lipinski definition) is 7. The van der Waals surface area contributed by atoms with E-state index in [9.17, 15) is 5.11 Å². The smallest absolute Gasteiger partial charge is 0.245 e. The third kappa shape index (κ3) is 5.02. The molecule has 0 saturated carbocycles. The molecule has 6 nitrogen and oxygen atoms in total. The standard InChI is InChI=1S/C12H21N3O3S/c1-12(2)5-9(3-4-18-12)13-6-10(16)8-17-11-7-14-19-15-11/h7,9-10,13,16H,3-6,8H2,1-2H3. The molecule has 2 atom stereocenters. The topological polar surface area (TPSA) is 76.5 Å². The zero-order chi connectivity index (χ0) is 13.7. The minimum absolute atomic E-state index is 0.0797. The number of aliphatic hydroxyl groups excluding tert-OH is 1. The molecule has 7 heteroatoms. The molecular weight excluding hydrogens is 266 g/mol. The van der Waals surface area contributed by atoms with E-state index in [0.717, 1.165) is 31.2 Å². The number of rotatable bonds is 6. The van der Waals surface area contributed by atoms with E-state index in [1.165, 1.54) is 0 Å². The van der Waals surface area contributed by atoms with Crippen molar-refractivity contribution in [1.29, 1.82) is 0 Å². The van der Waals surface area contributed by atoms with Crippen molar-refractivity contribution >= 4 is 11.7 Å². The molecule has 0 aliphatic carbocycles. The minimum Gasteiger partial charge on any atom is -0.473 e. The summed E-state index contributed by atoms with van der Waals surface area (Å²) in [5.74, 6) is 0.469. The Hall–Kier alpha value is -0.760. The summed E-state index contributed by atoms with van der Waals surface area (Å²) < 4.78 is 18.7. The van der Waals surface area contributed by atoms with E-state index in [0.29, 0.717) is 18.5 Å². The van der Waals surface area contributed by atoms with Crippen LogP contribution in [0.25, 0.3) is 0 Å². The molecule has 0 aromatic carbocycles. The average molecular weight is 287 g/mol. The van der Waals surface area contributed by atoms with Crippen molar-refractivity contribution in [3.05, 3.63) is 6.20 Å². The predicted molar refractivity (Wildman–Crippen MR) is 72.5 cm³/mol. The first-order valence-corrected chi connectivity index (χ1v) is 7.24. The van der Waals surface area contributed by atoms with Crippen LogP contribution in [0.2, 0.25) is 0 Å². The number of ether oxygens (including phenoxy) is 2. The number of hydrogen-bond donors (Lipinski definition) is 2. The van der Waals surface area contributed by atoms with Gasteiger partial charge in [0.05, 0.1) is 17.3 Å². The second kappa shape index (κ2) is 6.60. The van der Waals surface area contributed by atoms with E-state index in [1.54, 1.807) is 6.20 Å². The molecule has 1 fully saturated rings. The lowest BCUT2D eigenvalue weighted by Crippen LogP contribution is -2.46. The summed E-state index contributed by atoms with van der Waals surface area (Å²) in [6, 6.07) is 0.388. The molecule has 0 bridgehead atoms. The monoisotopic (exact) mass is 287 g/mol. The van der Waals surface area contributed by atoms with Gasteiger partial charge in [-0.25, -0.2) is 0 Å². The van der Waals surface area contributed by atoms with Crippen molar-refractivity contribution in [3.63, 3.8) is 0 Å². The van der Waals surface area contributed by atoms with Crippen LogP contribution >= 0.6 is 11.7 Å². The highest BCUT2D eigenvalue weighted by molar-refractivity contribution is 6.99. The second-order valence-corrected chi connectivity index (χ2v) is 5.97. The first-order chi connectivity index (χ1) is 9.05. The number of nitrogens with zero attached hydrogens (tertiary/aromatic N) is 2. The van der Waals surface area contributed by atoms with Gasteiger partial charge in [0, 0.05) is 19.2 Å². The first-order valence-electron chi connectivity index (χ1n) is 6.51. The fourth-order valence-corrected chi connectivity index (χ4v) is 2.53. The SMILES string of the molecule is CC1(C)CC(NCC(O)COc2cnsn2)CCO1. The first kappa shape index (κ1) is 14.6. The van der Waals surface area contributed by atoms with E-state index in [-0.39, 0.29) is 12.2 Å². The molecule has 1 aromatic heterocycles. The van der Waals surface area contributed by atoms with Crippen LogP contribution in [0.3, 0.4) is 0 Å². The lowest BCUT2D eigenvalue weighted by Gasteiger charge is -2.36. The zero-order valence-corrected chi connectivity index (χ0v) is 12.2. The van der Waals surface area contributed by atoms with Crippen LogP contribution in [0, 0.1) is 0 Å². The van der Waals surface area contributed by atoms with Crippen molar-refractivity contribution in [2.75, 3.05) is 19.8 Å².